The number of hydrogen-bond acceptors (Lipinski definition) is 8. The van der Waals surface area contributed by atoms with Crippen molar-refractivity contribution in [1.82, 2.24) is 19.2 Å². The summed E-state index contributed by atoms with van der Waals surface area (Å²) >= 11 is 0. The molecular formula is C23H29N7O4. The maximum absolute atomic E-state index is 12.9. The Morgan fingerprint density at radius 2 is 2.06 bits per heavy atom. The lowest BCUT2D eigenvalue weighted by Crippen LogP contribution is -2.31. The number of rotatable bonds is 5. The molecule has 1 aliphatic carbocycles. The maximum atomic E-state index is 12.9. The molecule has 1 amide bonds. The van der Waals surface area contributed by atoms with Gasteiger partial charge in [-0.25, -0.2) is 4.98 Å². The van der Waals surface area contributed by atoms with Crippen molar-refractivity contribution in [3.8, 4) is 0 Å². The molecule has 180 valence electrons. The molecule has 3 aliphatic rings. The molecule has 3 fully saturated rings. The third-order valence-corrected chi connectivity index (χ3v) is 6.49. The Morgan fingerprint density at radius 3 is 2.68 bits per heavy atom. The first-order chi connectivity index (χ1) is 16.5. The van der Waals surface area contributed by atoms with Gasteiger partial charge in [-0.15, -0.1) is 0 Å². The maximum Gasteiger partial charge on any atom is 0.274 e. The minimum absolute atomic E-state index is 0.0163. The Hall–Kier alpha value is -3.44. The molecule has 0 bridgehead atoms. The number of amides is 1. The van der Waals surface area contributed by atoms with Crippen molar-refractivity contribution in [2.75, 3.05) is 44.1 Å². The fraction of sp³-hybridized carbons (Fsp3) is 0.478. The number of nitrogens with zero attached hydrogens (tertiary/aromatic N) is 4. The van der Waals surface area contributed by atoms with Crippen molar-refractivity contribution in [2.24, 2.45) is 17.6 Å². The minimum atomic E-state index is -0.624. The number of hydrogen-bond donors (Lipinski definition) is 3. The first-order valence-corrected chi connectivity index (χ1v) is 11.5. The molecule has 2 saturated heterocycles. The molecule has 4 N–H and O–H groups in total. The van der Waals surface area contributed by atoms with E-state index in [4.69, 9.17) is 15.2 Å². The van der Waals surface area contributed by atoms with E-state index in [0.717, 1.165) is 44.5 Å². The zero-order valence-corrected chi connectivity index (χ0v) is 19.1. The lowest BCUT2D eigenvalue weighted by molar-refractivity contribution is 0.0581. The van der Waals surface area contributed by atoms with Crippen LogP contribution in [-0.2, 0) is 9.47 Å². The van der Waals surface area contributed by atoms with E-state index >= 15 is 0 Å². The lowest BCUT2D eigenvalue weighted by atomic mass is 10.1. The highest BCUT2D eigenvalue weighted by Crippen LogP contribution is 2.43. The molecule has 3 aromatic rings. The van der Waals surface area contributed by atoms with Crippen molar-refractivity contribution in [1.29, 1.82) is 0 Å². The molecule has 1 saturated carbocycles. The van der Waals surface area contributed by atoms with E-state index in [1.807, 2.05) is 6.07 Å². The lowest BCUT2D eigenvalue weighted by Gasteiger charge is -2.24. The van der Waals surface area contributed by atoms with Gasteiger partial charge in [0.25, 0.3) is 11.5 Å². The number of carbonyl (C=O) groups excluding carboxylic acids is 1. The van der Waals surface area contributed by atoms with Gasteiger partial charge in [-0.05, 0) is 43.2 Å². The molecule has 2 aliphatic heterocycles. The van der Waals surface area contributed by atoms with Gasteiger partial charge in [0, 0.05) is 39.1 Å². The van der Waals surface area contributed by atoms with Crippen molar-refractivity contribution in [3.63, 3.8) is 0 Å². The van der Waals surface area contributed by atoms with Crippen LogP contribution in [0.4, 0.5) is 17.3 Å². The van der Waals surface area contributed by atoms with Crippen molar-refractivity contribution < 1.29 is 14.3 Å². The minimum Gasteiger partial charge on any atom is -0.381 e. The quantitative estimate of drug-likeness (QED) is 0.516. The third kappa shape index (κ3) is 4.48. The molecule has 34 heavy (non-hydrogen) atoms. The number of carbonyl (C=O) groups is 1. The fourth-order valence-corrected chi connectivity index (χ4v) is 4.44. The predicted molar refractivity (Wildman–Crippen MR) is 127 cm³/mol. The average Bonchev–Trinajstić information content (AvgIpc) is 3.23. The van der Waals surface area contributed by atoms with Gasteiger partial charge in [-0.1, -0.05) is 0 Å². The normalized spacial score (nSPS) is 23.0. The summed E-state index contributed by atoms with van der Waals surface area (Å²) in [5, 5.41) is 10.2. The van der Waals surface area contributed by atoms with Crippen LogP contribution in [0.5, 0.6) is 0 Å². The van der Waals surface area contributed by atoms with Gasteiger partial charge in [0.2, 0.25) is 0 Å². The summed E-state index contributed by atoms with van der Waals surface area (Å²) in [5.41, 5.74) is 6.13. The Kier molecular flexibility index (Phi) is 6.20. The number of nitrogens with two attached hydrogens (primary N) is 1. The van der Waals surface area contributed by atoms with Crippen LogP contribution in [-0.4, -0.2) is 58.5 Å². The van der Waals surface area contributed by atoms with E-state index in [1.165, 1.54) is 17.1 Å². The second-order valence-electron chi connectivity index (χ2n) is 8.86. The molecule has 6 rings (SSSR count). The first kappa shape index (κ1) is 22.4. The van der Waals surface area contributed by atoms with Crippen molar-refractivity contribution in [2.45, 2.75) is 25.3 Å². The molecular weight excluding hydrogens is 438 g/mol. The monoisotopic (exact) mass is 467 g/mol. The summed E-state index contributed by atoms with van der Waals surface area (Å²) in [4.78, 5) is 29.0. The number of aromatic nitrogens is 4. The highest BCUT2D eigenvalue weighted by atomic mass is 16.5. The van der Waals surface area contributed by atoms with E-state index < -0.39 is 5.91 Å². The molecule has 0 aromatic carbocycles. The van der Waals surface area contributed by atoms with E-state index in [2.05, 4.69) is 20.7 Å². The molecule has 11 heteroatoms. The van der Waals surface area contributed by atoms with E-state index in [0.29, 0.717) is 29.6 Å². The molecule has 0 radical (unpaired) electrons. The summed E-state index contributed by atoms with van der Waals surface area (Å²) in [5.74, 6) is 2.35. The topological polar surface area (TPSA) is 138 Å². The summed E-state index contributed by atoms with van der Waals surface area (Å²) in [6, 6.07) is 5.22. The van der Waals surface area contributed by atoms with Crippen molar-refractivity contribution >= 4 is 28.9 Å². The molecule has 3 atom stereocenters. The van der Waals surface area contributed by atoms with E-state index in [9.17, 15) is 9.59 Å². The number of anilines is 3. The van der Waals surface area contributed by atoms with E-state index in [-0.39, 0.29) is 17.2 Å². The largest absolute Gasteiger partial charge is 0.381 e. The summed E-state index contributed by atoms with van der Waals surface area (Å²) in [6.07, 6.45) is 6.42. The van der Waals surface area contributed by atoms with E-state index in [1.54, 1.807) is 29.9 Å². The first-order valence-electron chi connectivity index (χ1n) is 11.5. The van der Waals surface area contributed by atoms with Crippen LogP contribution >= 0.6 is 0 Å². The van der Waals surface area contributed by atoms with Crippen LogP contribution in [0, 0.1) is 11.8 Å². The van der Waals surface area contributed by atoms with Crippen LogP contribution in [0.1, 0.15) is 35.7 Å². The Bertz CT molecular complexity index is 1240. The molecule has 3 aromatic heterocycles. The van der Waals surface area contributed by atoms with Crippen molar-refractivity contribution in [3.05, 3.63) is 46.5 Å². The number of nitrogens with one attached hydrogen (secondary N) is 2. The van der Waals surface area contributed by atoms with Crippen LogP contribution in [0.15, 0.2) is 35.4 Å². The third-order valence-electron chi connectivity index (χ3n) is 6.49. The van der Waals surface area contributed by atoms with Gasteiger partial charge in [0.05, 0.1) is 18.8 Å². The van der Waals surface area contributed by atoms with Gasteiger partial charge in [0.15, 0.2) is 5.65 Å². The Morgan fingerprint density at radius 1 is 1.24 bits per heavy atom. The molecule has 0 spiro atoms. The Labute approximate surface area is 196 Å². The van der Waals surface area contributed by atoms with Crippen LogP contribution in [0.3, 0.4) is 0 Å². The molecule has 3 unspecified atom stereocenters. The average molecular weight is 468 g/mol. The molecule has 5 heterocycles. The molecule has 11 nitrogen and oxygen atoms in total. The summed E-state index contributed by atoms with van der Waals surface area (Å²) in [6.45, 7) is 3.37. The highest BCUT2D eigenvalue weighted by Gasteiger charge is 2.41. The second kappa shape index (κ2) is 9.43. The number of ether oxygens (including phenoxy) is 2. The smallest absolute Gasteiger partial charge is 0.274 e. The SMILES string of the molecule is C1OCC2CC12.CNc1cc(Nc2cccn(C3CCCOC3)c2=O)nc2c(C(N)=O)cnn12. The number of pyridine rings is 1. The van der Waals surface area contributed by atoms with Crippen LogP contribution in [0.25, 0.3) is 5.65 Å². The van der Waals surface area contributed by atoms with Gasteiger partial charge >= 0.3 is 0 Å². The van der Waals surface area contributed by atoms with Crippen LogP contribution < -0.4 is 21.9 Å². The van der Waals surface area contributed by atoms with Gasteiger partial charge in [-0.3, -0.25) is 9.59 Å². The van der Waals surface area contributed by atoms with Crippen LogP contribution in [0.2, 0.25) is 0 Å². The number of fused-ring (bicyclic) bond motifs is 2. The number of primary amides is 1. The van der Waals surface area contributed by atoms with Gasteiger partial charge in [0.1, 0.15) is 22.9 Å². The second-order valence-corrected chi connectivity index (χ2v) is 8.86. The zero-order chi connectivity index (χ0) is 23.7. The highest BCUT2D eigenvalue weighted by molar-refractivity contribution is 5.98. The fourth-order valence-electron chi connectivity index (χ4n) is 4.44. The Balaban J connectivity index is 0.000000343. The zero-order valence-electron chi connectivity index (χ0n) is 19.1. The van der Waals surface area contributed by atoms with Gasteiger partial charge in [-0.2, -0.15) is 9.61 Å². The summed E-state index contributed by atoms with van der Waals surface area (Å²) < 4.78 is 13.8. The predicted octanol–water partition coefficient (Wildman–Crippen LogP) is 1.78. The van der Waals surface area contributed by atoms with Gasteiger partial charge < -0.3 is 30.4 Å². The standard InChI is InChI=1S/C18H21N7O3.C5H8O/c1-20-15-8-14(23-17-12(16(19)26)9-21-25(15)17)22-13-5-2-6-24(18(13)27)11-4-3-7-28-10-11;1-4-2-6-3-5(1)4/h2,5-6,8-9,11,20H,3-4,7,10H2,1H3,(H2,19,26)(H,22,23);4-5H,1-3H2. The summed E-state index contributed by atoms with van der Waals surface area (Å²) in [7, 11) is 1.72.